The number of rotatable bonds is 3. The van der Waals surface area contributed by atoms with Gasteiger partial charge in [-0.3, -0.25) is 9.78 Å². The second kappa shape index (κ2) is 5.10. The summed E-state index contributed by atoms with van der Waals surface area (Å²) in [7, 11) is 0. The van der Waals surface area contributed by atoms with Gasteiger partial charge in [-0.05, 0) is 23.3 Å². The summed E-state index contributed by atoms with van der Waals surface area (Å²) >= 11 is 3.38. The number of halogens is 1. The van der Waals surface area contributed by atoms with E-state index in [2.05, 4.69) is 20.9 Å². The number of carbonyl (C=O) groups is 1. The highest BCUT2D eigenvalue weighted by molar-refractivity contribution is 9.10. The van der Waals surface area contributed by atoms with Gasteiger partial charge in [-0.15, -0.1) is 0 Å². The molecule has 0 radical (unpaired) electrons. The van der Waals surface area contributed by atoms with Crippen molar-refractivity contribution in [3.05, 3.63) is 64.4 Å². The summed E-state index contributed by atoms with van der Waals surface area (Å²) in [5, 5.41) is 9.36. The normalized spacial score (nSPS) is 12.1. The molecule has 0 fully saturated rings. The van der Waals surface area contributed by atoms with Gasteiger partial charge in [0.05, 0.1) is 0 Å². The molecule has 86 valence electrons. The molecule has 0 bridgehead atoms. The van der Waals surface area contributed by atoms with Gasteiger partial charge >= 0.3 is 5.97 Å². The van der Waals surface area contributed by atoms with E-state index in [4.69, 9.17) is 0 Å². The molecule has 0 aliphatic heterocycles. The van der Waals surface area contributed by atoms with Crippen LogP contribution in [0.25, 0.3) is 0 Å². The third kappa shape index (κ3) is 2.53. The molecule has 1 heterocycles. The van der Waals surface area contributed by atoms with Gasteiger partial charge in [0, 0.05) is 16.9 Å². The van der Waals surface area contributed by atoms with E-state index in [9.17, 15) is 9.90 Å². The summed E-state index contributed by atoms with van der Waals surface area (Å²) in [4.78, 5) is 15.4. The van der Waals surface area contributed by atoms with Crippen LogP contribution in [0.15, 0.2) is 53.3 Å². The summed E-state index contributed by atoms with van der Waals surface area (Å²) in [5.74, 6) is -1.58. The Hall–Kier alpha value is -1.68. The second-order valence-electron chi connectivity index (χ2n) is 3.58. The molecular formula is C13H10BrNO2. The number of pyridine rings is 1. The van der Waals surface area contributed by atoms with Crippen molar-refractivity contribution >= 4 is 21.9 Å². The van der Waals surface area contributed by atoms with Crippen molar-refractivity contribution in [2.75, 3.05) is 0 Å². The summed E-state index contributed by atoms with van der Waals surface area (Å²) in [6.07, 6.45) is 3.21. The van der Waals surface area contributed by atoms with Crippen LogP contribution in [0.1, 0.15) is 17.0 Å². The molecule has 2 rings (SSSR count). The number of aromatic nitrogens is 1. The molecule has 4 heteroatoms. The Morgan fingerprint density at radius 3 is 2.59 bits per heavy atom. The monoisotopic (exact) mass is 291 g/mol. The van der Waals surface area contributed by atoms with Gasteiger partial charge in [0.25, 0.3) is 0 Å². The van der Waals surface area contributed by atoms with Crippen LogP contribution in [0.5, 0.6) is 0 Å². The zero-order valence-electron chi connectivity index (χ0n) is 8.88. The Morgan fingerprint density at radius 2 is 2.00 bits per heavy atom. The minimum absolute atomic E-state index is 0.673. The van der Waals surface area contributed by atoms with E-state index in [1.54, 1.807) is 30.6 Å². The molecule has 1 N–H and O–H groups in total. The van der Waals surface area contributed by atoms with Crippen molar-refractivity contribution in [3.63, 3.8) is 0 Å². The van der Waals surface area contributed by atoms with Crippen LogP contribution in [-0.4, -0.2) is 16.1 Å². The number of carboxylic acids is 1. The van der Waals surface area contributed by atoms with Crippen molar-refractivity contribution in [2.24, 2.45) is 0 Å². The molecule has 3 nitrogen and oxygen atoms in total. The summed E-state index contributed by atoms with van der Waals surface area (Å²) in [6.45, 7) is 0. The zero-order chi connectivity index (χ0) is 12.3. The maximum absolute atomic E-state index is 11.4. The number of hydrogen-bond donors (Lipinski definition) is 1. The molecule has 1 aromatic heterocycles. The van der Waals surface area contributed by atoms with E-state index in [-0.39, 0.29) is 0 Å². The Balaban J connectivity index is 2.51. The lowest BCUT2D eigenvalue weighted by molar-refractivity contribution is -0.137. The average molecular weight is 292 g/mol. The van der Waals surface area contributed by atoms with Gasteiger partial charge in [0.15, 0.2) is 0 Å². The summed E-state index contributed by atoms with van der Waals surface area (Å²) in [5.41, 5.74) is 1.40. The lowest BCUT2D eigenvalue weighted by atomic mass is 9.93. The van der Waals surface area contributed by atoms with Crippen molar-refractivity contribution < 1.29 is 9.90 Å². The van der Waals surface area contributed by atoms with Crippen molar-refractivity contribution in [2.45, 2.75) is 5.92 Å². The fourth-order valence-electron chi connectivity index (χ4n) is 1.71. The van der Waals surface area contributed by atoms with E-state index in [1.807, 2.05) is 18.2 Å². The van der Waals surface area contributed by atoms with Gasteiger partial charge in [0.2, 0.25) is 0 Å². The summed E-state index contributed by atoms with van der Waals surface area (Å²) in [6, 6.07) is 10.8. The quantitative estimate of drug-likeness (QED) is 0.946. The van der Waals surface area contributed by atoms with Crippen LogP contribution in [0.2, 0.25) is 0 Å². The van der Waals surface area contributed by atoms with Crippen molar-refractivity contribution in [1.29, 1.82) is 0 Å². The highest BCUT2D eigenvalue weighted by Crippen LogP contribution is 2.30. The molecule has 0 amide bonds. The molecule has 0 saturated carbocycles. The van der Waals surface area contributed by atoms with E-state index in [0.29, 0.717) is 5.56 Å². The SMILES string of the molecule is O=C(O)C(c1cccnc1)c1ccccc1Br. The fraction of sp³-hybridized carbons (Fsp3) is 0.0769. The average Bonchev–Trinajstić information content (AvgIpc) is 2.33. The van der Waals surface area contributed by atoms with E-state index < -0.39 is 11.9 Å². The maximum Gasteiger partial charge on any atom is 0.315 e. The van der Waals surface area contributed by atoms with Crippen LogP contribution >= 0.6 is 15.9 Å². The summed E-state index contributed by atoms with van der Waals surface area (Å²) < 4.78 is 0.788. The molecular weight excluding hydrogens is 282 g/mol. The standard InChI is InChI=1S/C13H10BrNO2/c14-11-6-2-1-5-10(11)12(13(16)17)9-4-3-7-15-8-9/h1-8,12H,(H,16,17). The first kappa shape index (κ1) is 11.8. The number of aliphatic carboxylic acids is 1. The lowest BCUT2D eigenvalue weighted by Gasteiger charge is -2.14. The smallest absolute Gasteiger partial charge is 0.315 e. The molecule has 0 saturated heterocycles. The number of hydrogen-bond acceptors (Lipinski definition) is 2. The molecule has 0 aliphatic carbocycles. The largest absolute Gasteiger partial charge is 0.481 e. The van der Waals surface area contributed by atoms with Crippen LogP contribution in [0.4, 0.5) is 0 Å². The number of carboxylic acid groups (broad SMARTS) is 1. The topological polar surface area (TPSA) is 50.2 Å². The molecule has 0 aliphatic rings. The maximum atomic E-state index is 11.4. The minimum Gasteiger partial charge on any atom is -0.481 e. The fourth-order valence-corrected chi connectivity index (χ4v) is 2.22. The first-order valence-corrected chi connectivity index (χ1v) is 5.86. The van der Waals surface area contributed by atoms with Crippen LogP contribution in [-0.2, 0) is 4.79 Å². The Bertz CT molecular complexity index is 528. The van der Waals surface area contributed by atoms with Crippen LogP contribution < -0.4 is 0 Å². The Morgan fingerprint density at radius 1 is 1.24 bits per heavy atom. The molecule has 0 spiro atoms. The highest BCUT2D eigenvalue weighted by Gasteiger charge is 2.23. The molecule has 1 unspecified atom stereocenters. The highest BCUT2D eigenvalue weighted by atomic mass is 79.9. The lowest BCUT2D eigenvalue weighted by Crippen LogP contribution is -2.13. The first-order valence-electron chi connectivity index (χ1n) is 5.07. The van der Waals surface area contributed by atoms with Crippen LogP contribution in [0.3, 0.4) is 0 Å². The van der Waals surface area contributed by atoms with Crippen LogP contribution in [0, 0.1) is 0 Å². The predicted molar refractivity (Wildman–Crippen MR) is 67.9 cm³/mol. The third-order valence-electron chi connectivity index (χ3n) is 2.48. The molecule has 1 aromatic carbocycles. The van der Waals surface area contributed by atoms with Gasteiger partial charge in [-0.2, -0.15) is 0 Å². The Kier molecular flexibility index (Phi) is 3.54. The molecule has 2 aromatic rings. The van der Waals surface area contributed by atoms with Crippen molar-refractivity contribution in [1.82, 2.24) is 4.98 Å². The zero-order valence-corrected chi connectivity index (χ0v) is 10.5. The van der Waals surface area contributed by atoms with Gasteiger partial charge in [0.1, 0.15) is 5.92 Å². The molecule has 17 heavy (non-hydrogen) atoms. The van der Waals surface area contributed by atoms with E-state index in [1.165, 1.54) is 0 Å². The minimum atomic E-state index is -0.884. The first-order chi connectivity index (χ1) is 8.20. The second-order valence-corrected chi connectivity index (χ2v) is 4.43. The van der Waals surface area contributed by atoms with Gasteiger partial charge in [-0.1, -0.05) is 40.2 Å². The van der Waals surface area contributed by atoms with E-state index in [0.717, 1.165) is 10.0 Å². The van der Waals surface area contributed by atoms with Crippen molar-refractivity contribution in [3.8, 4) is 0 Å². The third-order valence-corrected chi connectivity index (χ3v) is 3.20. The predicted octanol–water partition coefficient (Wildman–Crippen LogP) is 3.06. The Labute approximate surface area is 107 Å². The molecule has 1 atom stereocenters. The number of nitrogens with zero attached hydrogens (tertiary/aromatic N) is 1. The van der Waals surface area contributed by atoms with Gasteiger partial charge < -0.3 is 5.11 Å². The number of benzene rings is 1. The van der Waals surface area contributed by atoms with Gasteiger partial charge in [-0.25, -0.2) is 0 Å². The van der Waals surface area contributed by atoms with E-state index >= 15 is 0 Å².